The van der Waals surface area contributed by atoms with Gasteiger partial charge in [0.1, 0.15) is 0 Å². The van der Waals surface area contributed by atoms with Crippen molar-refractivity contribution in [3.05, 3.63) is 68.7 Å². The van der Waals surface area contributed by atoms with E-state index in [1.807, 2.05) is 0 Å². The number of rotatable bonds is 3. The molecule has 110 valence electrons. The van der Waals surface area contributed by atoms with Crippen molar-refractivity contribution in [2.75, 3.05) is 0 Å². The van der Waals surface area contributed by atoms with Crippen molar-refractivity contribution in [2.24, 2.45) is 0 Å². The third kappa shape index (κ3) is 4.08. The highest BCUT2D eigenvalue weighted by Gasteiger charge is 2.30. The molecule has 0 spiro atoms. The molecular weight excluding hydrogens is 369 g/mol. The minimum Gasteiger partial charge on any atom is -0.294 e. The van der Waals surface area contributed by atoms with Gasteiger partial charge in [0.15, 0.2) is 5.78 Å². The molecule has 0 amide bonds. The summed E-state index contributed by atoms with van der Waals surface area (Å²) in [7, 11) is 0. The Kier molecular flexibility index (Phi) is 4.74. The van der Waals surface area contributed by atoms with Gasteiger partial charge in [0.05, 0.1) is 5.56 Å². The van der Waals surface area contributed by atoms with Crippen molar-refractivity contribution in [1.82, 2.24) is 0 Å². The van der Waals surface area contributed by atoms with Gasteiger partial charge in [-0.2, -0.15) is 13.2 Å². The number of halogens is 5. The van der Waals surface area contributed by atoms with Crippen molar-refractivity contribution in [1.29, 1.82) is 0 Å². The van der Waals surface area contributed by atoms with Crippen LogP contribution in [-0.2, 0) is 12.6 Å². The van der Waals surface area contributed by atoms with Gasteiger partial charge in [0, 0.05) is 21.5 Å². The van der Waals surface area contributed by atoms with Crippen LogP contribution in [0, 0.1) is 0 Å². The van der Waals surface area contributed by atoms with E-state index in [1.54, 1.807) is 18.2 Å². The number of ketones is 1. The zero-order valence-corrected chi connectivity index (χ0v) is 12.9. The Morgan fingerprint density at radius 2 is 1.71 bits per heavy atom. The summed E-state index contributed by atoms with van der Waals surface area (Å²) in [5.74, 6) is -0.284. The van der Waals surface area contributed by atoms with E-state index >= 15 is 0 Å². The molecule has 2 aromatic carbocycles. The summed E-state index contributed by atoms with van der Waals surface area (Å²) in [6, 6.07) is 9.27. The van der Waals surface area contributed by atoms with Crippen LogP contribution in [0.1, 0.15) is 21.5 Å². The molecule has 1 nitrogen and oxygen atoms in total. The van der Waals surface area contributed by atoms with E-state index in [1.165, 1.54) is 12.1 Å². The number of Topliss-reactive ketones (excluding diaryl/α,β-unsaturated/α-hetero) is 1. The van der Waals surface area contributed by atoms with Crippen LogP contribution in [0.4, 0.5) is 13.2 Å². The lowest BCUT2D eigenvalue weighted by atomic mass is 10.0. The molecule has 0 bridgehead atoms. The van der Waals surface area contributed by atoms with Gasteiger partial charge in [0.2, 0.25) is 0 Å². The molecule has 0 N–H and O–H groups in total. The summed E-state index contributed by atoms with van der Waals surface area (Å²) < 4.78 is 38.1. The van der Waals surface area contributed by atoms with Crippen molar-refractivity contribution in [3.8, 4) is 0 Å². The van der Waals surface area contributed by atoms with Crippen molar-refractivity contribution in [2.45, 2.75) is 12.6 Å². The van der Waals surface area contributed by atoms with Crippen LogP contribution in [0.25, 0.3) is 0 Å². The molecule has 0 aliphatic carbocycles. The van der Waals surface area contributed by atoms with E-state index in [-0.39, 0.29) is 17.8 Å². The number of hydrogen-bond donors (Lipinski definition) is 0. The highest BCUT2D eigenvalue weighted by molar-refractivity contribution is 9.10. The maximum atomic E-state index is 12.5. The Bertz CT molecular complexity index is 666. The van der Waals surface area contributed by atoms with E-state index < -0.39 is 11.7 Å². The van der Waals surface area contributed by atoms with E-state index in [4.69, 9.17) is 11.6 Å². The zero-order chi connectivity index (χ0) is 15.6. The molecule has 0 unspecified atom stereocenters. The average molecular weight is 378 g/mol. The molecule has 0 aliphatic rings. The number of carbonyl (C=O) groups excluding carboxylic acids is 1. The highest BCUT2D eigenvalue weighted by atomic mass is 79.9. The fourth-order valence-corrected chi connectivity index (χ4v) is 2.53. The maximum Gasteiger partial charge on any atom is 0.416 e. The van der Waals surface area contributed by atoms with E-state index in [0.717, 1.165) is 16.6 Å². The molecule has 2 aromatic rings. The molecular formula is C15H9BrClF3O. The minimum absolute atomic E-state index is 0.0392. The third-order valence-corrected chi connectivity index (χ3v) is 3.75. The molecule has 0 saturated carbocycles. The van der Waals surface area contributed by atoms with Gasteiger partial charge >= 0.3 is 6.18 Å². The Balaban J connectivity index is 2.17. The molecule has 0 fully saturated rings. The molecule has 6 heteroatoms. The first kappa shape index (κ1) is 16.0. The minimum atomic E-state index is -4.41. The number of carbonyl (C=O) groups is 1. The van der Waals surface area contributed by atoms with Crippen molar-refractivity contribution < 1.29 is 18.0 Å². The predicted molar refractivity (Wildman–Crippen MR) is 78.6 cm³/mol. The first-order valence-corrected chi connectivity index (χ1v) is 7.09. The van der Waals surface area contributed by atoms with Gasteiger partial charge < -0.3 is 0 Å². The zero-order valence-electron chi connectivity index (χ0n) is 10.5. The van der Waals surface area contributed by atoms with Gasteiger partial charge in [-0.1, -0.05) is 45.7 Å². The summed E-state index contributed by atoms with van der Waals surface area (Å²) in [6.07, 6.45) is -4.37. The first-order chi connectivity index (χ1) is 9.77. The van der Waals surface area contributed by atoms with Crippen LogP contribution >= 0.6 is 27.5 Å². The van der Waals surface area contributed by atoms with Gasteiger partial charge in [-0.25, -0.2) is 0 Å². The second kappa shape index (κ2) is 6.20. The molecule has 0 heterocycles. The number of hydrogen-bond acceptors (Lipinski definition) is 1. The van der Waals surface area contributed by atoms with Gasteiger partial charge in [-0.15, -0.1) is 0 Å². The summed E-state index contributed by atoms with van der Waals surface area (Å²) in [5.41, 5.74) is 0.0764. The second-order valence-electron chi connectivity index (χ2n) is 4.41. The van der Waals surface area contributed by atoms with Crippen LogP contribution in [0.5, 0.6) is 0 Å². The Labute approximate surface area is 132 Å². The molecule has 0 aromatic heterocycles. The predicted octanol–water partition coefficient (Wildman–Crippen LogP) is 5.55. The number of alkyl halides is 3. The van der Waals surface area contributed by atoms with Gasteiger partial charge in [-0.05, 0) is 29.8 Å². The SMILES string of the molecule is O=C(Cc1ccc(Br)cc1Cl)c1ccc(C(F)(F)F)cc1. The molecule has 0 saturated heterocycles. The molecule has 0 atom stereocenters. The third-order valence-electron chi connectivity index (χ3n) is 2.90. The van der Waals surface area contributed by atoms with E-state index in [9.17, 15) is 18.0 Å². The van der Waals surface area contributed by atoms with Crippen LogP contribution < -0.4 is 0 Å². The summed E-state index contributed by atoms with van der Waals surface area (Å²) in [4.78, 5) is 12.1. The Morgan fingerprint density at radius 3 is 2.24 bits per heavy atom. The maximum absolute atomic E-state index is 12.5. The molecule has 0 radical (unpaired) electrons. The fraction of sp³-hybridized carbons (Fsp3) is 0.133. The monoisotopic (exact) mass is 376 g/mol. The standard InChI is InChI=1S/C15H9BrClF3O/c16-12-6-3-10(13(17)8-12)7-14(21)9-1-4-11(5-2-9)15(18,19)20/h1-6,8H,7H2. The Morgan fingerprint density at radius 1 is 1.10 bits per heavy atom. The summed E-state index contributed by atoms with van der Waals surface area (Å²) in [6.45, 7) is 0. The Hall–Kier alpha value is -1.33. The van der Waals surface area contributed by atoms with Crippen LogP contribution in [0.3, 0.4) is 0 Å². The normalized spacial score (nSPS) is 11.5. The smallest absolute Gasteiger partial charge is 0.294 e. The van der Waals surface area contributed by atoms with Gasteiger partial charge in [0.25, 0.3) is 0 Å². The van der Waals surface area contributed by atoms with Crippen LogP contribution in [0.15, 0.2) is 46.9 Å². The van der Waals surface area contributed by atoms with E-state index in [2.05, 4.69) is 15.9 Å². The second-order valence-corrected chi connectivity index (χ2v) is 5.73. The average Bonchev–Trinajstić information content (AvgIpc) is 2.41. The number of benzene rings is 2. The molecule has 2 rings (SSSR count). The lowest BCUT2D eigenvalue weighted by molar-refractivity contribution is -0.137. The quantitative estimate of drug-likeness (QED) is 0.641. The van der Waals surface area contributed by atoms with E-state index in [0.29, 0.717) is 10.6 Å². The van der Waals surface area contributed by atoms with Crippen molar-refractivity contribution >= 4 is 33.3 Å². The summed E-state index contributed by atoms with van der Waals surface area (Å²) in [5, 5.41) is 0.435. The molecule has 21 heavy (non-hydrogen) atoms. The van der Waals surface area contributed by atoms with Crippen LogP contribution in [0.2, 0.25) is 5.02 Å². The highest BCUT2D eigenvalue weighted by Crippen LogP contribution is 2.29. The topological polar surface area (TPSA) is 17.1 Å². The first-order valence-electron chi connectivity index (χ1n) is 5.92. The summed E-state index contributed by atoms with van der Waals surface area (Å²) >= 11 is 9.27. The lowest BCUT2D eigenvalue weighted by Gasteiger charge is -2.08. The van der Waals surface area contributed by atoms with Gasteiger partial charge in [-0.3, -0.25) is 4.79 Å². The lowest BCUT2D eigenvalue weighted by Crippen LogP contribution is -2.07. The largest absolute Gasteiger partial charge is 0.416 e. The molecule has 0 aliphatic heterocycles. The fourth-order valence-electron chi connectivity index (χ4n) is 1.79. The van der Waals surface area contributed by atoms with Crippen molar-refractivity contribution in [3.63, 3.8) is 0 Å². The van der Waals surface area contributed by atoms with Crippen LogP contribution in [-0.4, -0.2) is 5.78 Å².